The van der Waals surface area contributed by atoms with Crippen LogP contribution in [0.25, 0.3) is 16.9 Å². The van der Waals surface area contributed by atoms with Crippen molar-refractivity contribution in [2.75, 3.05) is 11.9 Å². The Morgan fingerprint density at radius 1 is 1.15 bits per heavy atom. The molecule has 1 aliphatic carbocycles. The van der Waals surface area contributed by atoms with Gasteiger partial charge in [0.25, 0.3) is 5.91 Å². The second kappa shape index (κ2) is 10.6. The largest absolute Gasteiger partial charge is 0.491 e. The van der Waals surface area contributed by atoms with E-state index in [-0.39, 0.29) is 12.0 Å². The summed E-state index contributed by atoms with van der Waals surface area (Å²) in [6.07, 6.45) is 3.87. The fourth-order valence-corrected chi connectivity index (χ4v) is 4.21. The number of ether oxygens (including phenoxy) is 2. The minimum atomic E-state index is -0.937. The van der Waals surface area contributed by atoms with Crippen molar-refractivity contribution in [3.8, 4) is 28.6 Å². The SMILES string of the molecule is Cc1cc(-c2cnc3c(NCC(C)(C)O)cc(Oc4cccc(OC(C)C)c4)nn23)ccc1C(=O)NC1CC1. The Bertz CT molecular complexity index is 1500. The molecular weight excluding hydrogens is 494 g/mol. The van der Waals surface area contributed by atoms with Crippen LogP contribution in [0.15, 0.2) is 54.7 Å². The summed E-state index contributed by atoms with van der Waals surface area (Å²) >= 11 is 0. The average molecular weight is 530 g/mol. The van der Waals surface area contributed by atoms with Crippen LogP contribution in [-0.2, 0) is 0 Å². The van der Waals surface area contributed by atoms with Crippen LogP contribution < -0.4 is 20.1 Å². The van der Waals surface area contributed by atoms with Gasteiger partial charge < -0.3 is 25.2 Å². The number of carbonyl (C=O) groups excluding carboxylic acids is 1. The molecule has 0 radical (unpaired) electrons. The van der Waals surface area contributed by atoms with E-state index in [9.17, 15) is 9.90 Å². The Kier molecular flexibility index (Phi) is 7.18. The highest BCUT2D eigenvalue weighted by Gasteiger charge is 2.25. The highest BCUT2D eigenvalue weighted by molar-refractivity contribution is 5.96. The lowest BCUT2D eigenvalue weighted by molar-refractivity contribution is 0.0940. The zero-order valence-electron chi connectivity index (χ0n) is 23.0. The maximum atomic E-state index is 12.6. The number of nitrogens with zero attached hydrogens (tertiary/aromatic N) is 3. The molecule has 204 valence electrons. The van der Waals surface area contributed by atoms with E-state index in [1.807, 2.05) is 63.2 Å². The highest BCUT2D eigenvalue weighted by Crippen LogP contribution is 2.31. The van der Waals surface area contributed by atoms with Gasteiger partial charge >= 0.3 is 0 Å². The Morgan fingerprint density at radius 2 is 1.92 bits per heavy atom. The number of amides is 1. The molecule has 2 aromatic carbocycles. The summed E-state index contributed by atoms with van der Waals surface area (Å²) in [5, 5.41) is 21.4. The summed E-state index contributed by atoms with van der Waals surface area (Å²) in [6.45, 7) is 9.64. The van der Waals surface area contributed by atoms with Gasteiger partial charge in [-0.25, -0.2) is 9.50 Å². The van der Waals surface area contributed by atoms with Gasteiger partial charge in [0, 0.05) is 35.8 Å². The number of benzene rings is 2. The Morgan fingerprint density at radius 3 is 2.62 bits per heavy atom. The number of rotatable bonds is 10. The normalized spacial score (nSPS) is 13.5. The monoisotopic (exact) mass is 529 g/mol. The van der Waals surface area contributed by atoms with Crippen LogP contribution in [0.1, 0.15) is 56.5 Å². The van der Waals surface area contributed by atoms with Crippen LogP contribution >= 0.6 is 0 Å². The van der Waals surface area contributed by atoms with E-state index in [2.05, 4.69) is 15.6 Å². The standard InChI is InChI=1S/C30H35N5O4/c1-18(2)38-22-7-6-8-23(14-22)39-27-15-25(32-17-30(4,5)37)28-31-16-26(35(28)34-27)20-9-12-24(19(3)13-20)29(36)33-21-10-11-21/h6-9,12-16,18,21,32,37H,10-11,17H2,1-5H3,(H,33,36). The molecule has 0 bridgehead atoms. The molecular formula is C30H35N5O4. The first-order chi connectivity index (χ1) is 18.6. The Balaban J connectivity index is 1.51. The molecule has 5 rings (SSSR count). The minimum Gasteiger partial charge on any atom is -0.491 e. The number of fused-ring (bicyclic) bond motifs is 1. The summed E-state index contributed by atoms with van der Waals surface area (Å²) in [6, 6.07) is 15.2. The fraction of sp³-hybridized carbons (Fsp3) is 0.367. The van der Waals surface area contributed by atoms with Crippen molar-refractivity contribution in [3.63, 3.8) is 0 Å². The maximum absolute atomic E-state index is 12.6. The first-order valence-corrected chi connectivity index (χ1v) is 13.3. The lowest BCUT2D eigenvalue weighted by atomic mass is 10.0. The van der Waals surface area contributed by atoms with E-state index in [0.717, 1.165) is 29.7 Å². The second-order valence-electron chi connectivity index (χ2n) is 11.0. The van der Waals surface area contributed by atoms with E-state index < -0.39 is 5.60 Å². The highest BCUT2D eigenvalue weighted by atomic mass is 16.5. The zero-order valence-corrected chi connectivity index (χ0v) is 23.0. The first kappa shape index (κ1) is 26.5. The first-order valence-electron chi connectivity index (χ1n) is 13.3. The Labute approximate surface area is 228 Å². The molecule has 1 aliphatic rings. The predicted molar refractivity (Wildman–Crippen MR) is 151 cm³/mol. The number of carbonyl (C=O) groups is 1. The van der Waals surface area contributed by atoms with Gasteiger partial charge in [-0.1, -0.05) is 12.1 Å². The molecule has 0 atom stereocenters. The van der Waals surface area contributed by atoms with Gasteiger partial charge in [-0.15, -0.1) is 5.10 Å². The van der Waals surface area contributed by atoms with Crippen LogP contribution in [0, 0.1) is 6.92 Å². The number of hydrogen-bond donors (Lipinski definition) is 3. The lowest BCUT2D eigenvalue weighted by Crippen LogP contribution is -2.29. The van der Waals surface area contributed by atoms with Crippen molar-refractivity contribution >= 4 is 17.2 Å². The van der Waals surface area contributed by atoms with Crippen LogP contribution in [0.5, 0.6) is 17.4 Å². The third kappa shape index (κ3) is 6.49. The summed E-state index contributed by atoms with van der Waals surface area (Å²) in [4.78, 5) is 17.3. The molecule has 0 saturated heterocycles. The molecule has 1 fully saturated rings. The summed E-state index contributed by atoms with van der Waals surface area (Å²) in [7, 11) is 0. The molecule has 39 heavy (non-hydrogen) atoms. The van der Waals surface area contributed by atoms with Crippen molar-refractivity contribution in [2.24, 2.45) is 0 Å². The van der Waals surface area contributed by atoms with E-state index in [4.69, 9.17) is 14.6 Å². The van der Waals surface area contributed by atoms with Gasteiger partial charge in [-0.05, 0) is 77.3 Å². The van der Waals surface area contributed by atoms with E-state index in [0.29, 0.717) is 46.9 Å². The smallest absolute Gasteiger partial charge is 0.251 e. The van der Waals surface area contributed by atoms with Crippen LogP contribution in [0.2, 0.25) is 0 Å². The van der Waals surface area contributed by atoms with Gasteiger partial charge in [0.05, 0.1) is 29.3 Å². The van der Waals surface area contributed by atoms with Crippen molar-refractivity contribution in [1.29, 1.82) is 0 Å². The number of aliphatic hydroxyl groups is 1. The van der Waals surface area contributed by atoms with Gasteiger partial charge in [0.1, 0.15) is 11.5 Å². The molecule has 1 amide bonds. The second-order valence-corrected chi connectivity index (χ2v) is 11.0. The molecule has 3 N–H and O–H groups in total. The number of anilines is 1. The van der Waals surface area contributed by atoms with Crippen molar-refractivity contribution in [3.05, 3.63) is 65.9 Å². The predicted octanol–water partition coefficient (Wildman–Crippen LogP) is 5.36. The van der Waals surface area contributed by atoms with E-state index >= 15 is 0 Å². The van der Waals surface area contributed by atoms with Crippen molar-refractivity contribution < 1.29 is 19.4 Å². The minimum absolute atomic E-state index is 0.0375. The van der Waals surface area contributed by atoms with Gasteiger partial charge in [-0.2, -0.15) is 0 Å². The molecule has 9 heteroatoms. The number of imidazole rings is 1. The average Bonchev–Trinajstić information content (AvgIpc) is 3.57. The van der Waals surface area contributed by atoms with Crippen LogP contribution in [0.3, 0.4) is 0 Å². The van der Waals surface area contributed by atoms with Crippen LogP contribution in [0.4, 0.5) is 5.69 Å². The molecule has 2 heterocycles. The summed E-state index contributed by atoms with van der Waals surface area (Å²) < 4.78 is 13.7. The number of aromatic nitrogens is 3. The Hall–Kier alpha value is -4.11. The molecule has 0 unspecified atom stereocenters. The van der Waals surface area contributed by atoms with Gasteiger partial charge in [0.15, 0.2) is 5.65 Å². The molecule has 4 aromatic rings. The third-order valence-electron chi connectivity index (χ3n) is 6.24. The van der Waals surface area contributed by atoms with Gasteiger partial charge in [-0.3, -0.25) is 4.79 Å². The third-order valence-corrected chi connectivity index (χ3v) is 6.24. The van der Waals surface area contributed by atoms with Crippen molar-refractivity contribution in [2.45, 2.75) is 65.2 Å². The van der Waals surface area contributed by atoms with Crippen LogP contribution in [-0.4, -0.2) is 49.9 Å². The van der Waals surface area contributed by atoms with Gasteiger partial charge in [0.2, 0.25) is 5.88 Å². The number of nitrogens with one attached hydrogen (secondary N) is 2. The molecule has 0 aliphatic heterocycles. The lowest BCUT2D eigenvalue weighted by Gasteiger charge is -2.19. The number of hydrogen-bond acceptors (Lipinski definition) is 7. The zero-order chi connectivity index (χ0) is 27.7. The summed E-state index contributed by atoms with van der Waals surface area (Å²) in [5.41, 5.74) is 3.46. The quantitative estimate of drug-likeness (QED) is 0.254. The van der Waals surface area contributed by atoms with E-state index in [1.54, 1.807) is 30.6 Å². The molecule has 1 saturated carbocycles. The maximum Gasteiger partial charge on any atom is 0.251 e. The summed E-state index contributed by atoms with van der Waals surface area (Å²) in [5.74, 6) is 1.58. The van der Waals surface area contributed by atoms with E-state index in [1.165, 1.54) is 0 Å². The molecule has 2 aromatic heterocycles. The molecule has 9 nitrogen and oxygen atoms in total. The molecule has 0 spiro atoms. The fourth-order valence-electron chi connectivity index (χ4n) is 4.21. The topological polar surface area (TPSA) is 110 Å². The number of aryl methyl sites for hydroxylation is 1. The van der Waals surface area contributed by atoms with Crippen molar-refractivity contribution in [1.82, 2.24) is 19.9 Å².